The third-order valence-corrected chi connectivity index (χ3v) is 6.57. The van der Waals surface area contributed by atoms with E-state index < -0.39 is 21.7 Å². The van der Waals surface area contributed by atoms with Crippen molar-refractivity contribution in [1.29, 1.82) is 0 Å². The molecule has 2 aromatic carbocycles. The Balaban J connectivity index is 1.65. The van der Waals surface area contributed by atoms with E-state index in [9.17, 15) is 17.6 Å². The minimum atomic E-state index is -3.44. The Kier molecular flexibility index (Phi) is 5.74. The van der Waals surface area contributed by atoms with Crippen molar-refractivity contribution in [2.45, 2.75) is 24.3 Å². The molecule has 0 unspecified atom stereocenters. The van der Waals surface area contributed by atoms with Crippen LogP contribution in [0.2, 0.25) is 0 Å². The van der Waals surface area contributed by atoms with Crippen molar-refractivity contribution in [3.8, 4) is 0 Å². The molecule has 1 saturated heterocycles. The van der Waals surface area contributed by atoms with Gasteiger partial charge in [-0.3, -0.25) is 4.79 Å². The lowest BCUT2D eigenvalue weighted by molar-refractivity contribution is 0.0950. The molecule has 138 valence electrons. The summed E-state index contributed by atoms with van der Waals surface area (Å²) < 4.78 is 40.3. The van der Waals surface area contributed by atoms with E-state index in [0.717, 1.165) is 24.5 Å². The maximum absolute atomic E-state index is 13.4. The monoisotopic (exact) mass is 440 g/mol. The average molecular weight is 441 g/mol. The standard InChI is InChI=1S/C18H18BrFN2O3S/c19-15-9-14(10-16(20)11-15)18(23)21-12-13-3-5-17(6-4-13)26(24,25)22-7-1-2-8-22/h3-6,9-11H,1-2,7-8,12H2,(H,21,23). The zero-order valence-electron chi connectivity index (χ0n) is 13.9. The van der Waals surface area contributed by atoms with Crippen molar-refractivity contribution >= 4 is 31.9 Å². The first kappa shape index (κ1) is 19.0. The number of nitrogens with zero attached hydrogens (tertiary/aromatic N) is 1. The first-order valence-electron chi connectivity index (χ1n) is 8.20. The van der Waals surface area contributed by atoms with Crippen molar-refractivity contribution in [3.63, 3.8) is 0 Å². The van der Waals surface area contributed by atoms with Crippen molar-refractivity contribution in [3.05, 3.63) is 63.9 Å². The molecule has 0 atom stereocenters. The largest absolute Gasteiger partial charge is 0.348 e. The Morgan fingerprint density at radius 1 is 1.12 bits per heavy atom. The van der Waals surface area contributed by atoms with Crippen molar-refractivity contribution < 1.29 is 17.6 Å². The topological polar surface area (TPSA) is 66.5 Å². The third kappa shape index (κ3) is 4.31. The number of carbonyl (C=O) groups excluding carboxylic acids is 1. The summed E-state index contributed by atoms with van der Waals surface area (Å²) in [6.45, 7) is 1.34. The van der Waals surface area contributed by atoms with Gasteiger partial charge in [-0.15, -0.1) is 0 Å². The van der Waals surface area contributed by atoms with E-state index in [4.69, 9.17) is 0 Å². The molecule has 0 saturated carbocycles. The number of carbonyl (C=O) groups is 1. The van der Waals surface area contributed by atoms with Crippen molar-refractivity contribution in [2.75, 3.05) is 13.1 Å². The van der Waals surface area contributed by atoms with Crippen molar-refractivity contribution in [2.24, 2.45) is 0 Å². The summed E-state index contributed by atoms with van der Waals surface area (Å²) in [5.41, 5.74) is 0.972. The lowest BCUT2D eigenvalue weighted by Crippen LogP contribution is -2.28. The first-order valence-corrected chi connectivity index (χ1v) is 10.4. The molecule has 0 aliphatic carbocycles. The maximum atomic E-state index is 13.4. The van der Waals surface area contributed by atoms with Gasteiger partial charge in [0.1, 0.15) is 5.82 Å². The Labute approximate surface area is 160 Å². The summed E-state index contributed by atoms with van der Waals surface area (Å²) >= 11 is 3.15. The van der Waals surface area contributed by atoms with Crippen LogP contribution in [-0.2, 0) is 16.6 Å². The van der Waals surface area contributed by atoms with Crippen LogP contribution in [0.15, 0.2) is 51.8 Å². The van der Waals surface area contributed by atoms with Crippen LogP contribution in [0, 0.1) is 5.82 Å². The summed E-state index contributed by atoms with van der Waals surface area (Å²) in [5, 5.41) is 2.70. The van der Waals surface area contributed by atoms with Gasteiger partial charge in [0.15, 0.2) is 0 Å². The fourth-order valence-electron chi connectivity index (χ4n) is 2.83. The third-order valence-electron chi connectivity index (χ3n) is 4.20. The second-order valence-corrected chi connectivity index (χ2v) is 8.95. The zero-order chi connectivity index (χ0) is 18.7. The Hall–Kier alpha value is -1.77. The lowest BCUT2D eigenvalue weighted by Gasteiger charge is -2.15. The highest BCUT2D eigenvalue weighted by molar-refractivity contribution is 9.10. The minimum absolute atomic E-state index is 0.213. The highest BCUT2D eigenvalue weighted by Crippen LogP contribution is 2.21. The Morgan fingerprint density at radius 3 is 2.38 bits per heavy atom. The molecule has 8 heteroatoms. The molecule has 0 bridgehead atoms. The summed E-state index contributed by atoms with van der Waals surface area (Å²) in [7, 11) is -3.44. The number of amides is 1. The average Bonchev–Trinajstić information content (AvgIpc) is 3.14. The van der Waals surface area contributed by atoms with Gasteiger partial charge in [0.05, 0.1) is 4.90 Å². The number of rotatable bonds is 5. The molecule has 1 heterocycles. The highest BCUT2D eigenvalue weighted by Gasteiger charge is 2.26. The van der Waals surface area contributed by atoms with Gasteiger partial charge >= 0.3 is 0 Å². The first-order chi connectivity index (χ1) is 12.4. The summed E-state index contributed by atoms with van der Waals surface area (Å²) in [5.74, 6) is -0.903. The fraction of sp³-hybridized carbons (Fsp3) is 0.278. The van der Waals surface area contributed by atoms with Gasteiger partial charge in [-0.2, -0.15) is 4.31 Å². The SMILES string of the molecule is O=C(NCc1ccc(S(=O)(=O)N2CCCC2)cc1)c1cc(F)cc(Br)c1. The molecule has 2 aromatic rings. The number of hydrogen-bond donors (Lipinski definition) is 1. The fourth-order valence-corrected chi connectivity index (χ4v) is 4.81. The molecule has 1 fully saturated rings. The summed E-state index contributed by atoms with van der Waals surface area (Å²) in [6.07, 6.45) is 1.78. The van der Waals surface area contributed by atoms with Crippen LogP contribution < -0.4 is 5.32 Å². The van der Waals surface area contributed by atoms with E-state index in [-0.39, 0.29) is 17.0 Å². The van der Waals surface area contributed by atoms with E-state index in [1.165, 1.54) is 16.4 Å². The second-order valence-electron chi connectivity index (χ2n) is 6.10. The van der Waals surface area contributed by atoms with Gasteiger partial charge in [-0.05, 0) is 48.7 Å². The van der Waals surface area contributed by atoms with Crippen LogP contribution >= 0.6 is 15.9 Å². The molecule has 0 aromatic heterocycles. The van der Waals surface area contributed by atoms with Crippen LogP contribution in [0.5, 0.6) is 0 Å². The predicted octanol–water partition coefficient (Wildman–Crippen LogP) is 3.30. The minimum Gasteiger partial charge on any atom is -0.348 e. The van der Waals surface area contributed by atoms with Crippen LogP contribution in [0.25, 0.3) is 0 Å². The number of hydrogen-bond acceptors (Lipinski definition) is 3. The summed E-state index contributed by atoms with van der Waals surface area (Å²) in [6, 6.07) is 10.4. The van der Waals surface area contributed by atoms with Gasteiger partial charge in [0, 0.05) is 29.7 Å². The highest BCUT2D eigenvalue weighted by atomic mass is 79.9. The molecular weight excluding hydrogens is 423 g/mol. The van der Waals surface area contributed by atoms with E-state index in [2.05, 4.69) is 21.2 Å². The zero-order valence-corrected chi connectivity index (χ0v) is 16.3. The number of halogens is 2. The Bertz CT molecular complexity index is 890. The molecule has 1 amide bonds. The van der Waals surface area contributed by atoms with Crippen LogP contribution in [0.1, 0.15) is 28.8 Å². The molecule has 1 aliphatic rings. The quantitative estimate of drug-likeness (QED) is 0.775. The maximum Gasteiger partial charge on any atom is 0.251 e. The van der Waals surface area contributed by atoms with Gasteiger partial charge in [0.25, 0.3) is 5.91 Å². The normalized spacial score (nSPS) is 15.2. The van der Waals surface area contributed by atoms with Gasteiger partial charge in [-0.1, -0.05) is 28.1 Å². The van der Waals surface area contributed by atoms with E-state index in [1.807, 2.05) is 0 Å². The van der Waals surface area contributed by atoms with E-state index in [1.54, 1.807) is 24.3 Å². The molecule has 3 rings (SSSR count). The molecule has 5 nitrogen and oxygen atoms in total. The van der Waals surface area contributed by atoms with Crippen molar-refractivity contribution in [1.82, 2.24) is 9.62 Å². The molecular formula is C18H18BrFN2O3S. The van der Waals surface area contributed by atoms with Crippen LogP contribution in [-0.4, -0.2) is 31.7 Å². The molecule has 26 heavy (non-hydrogen) atoms. The van der Waals surface area contributed by atoms with Gasteiger partial charge in [-0.25, -0.2) is 12.8 Å². The van der Waals surface area contributed by atoms with E-state index in [0.29, 0.717) is 17.6 Å². The molecule has 0 spiro atoms. The van der Waals surface area contributed by atoms with Crippen LogP contribution in [0.3, 0.4) is 0 Å². The van der Waals surface area contributed by atoms with Crippen LogP contribution in [0.4, 0.5) is 4.39 Å². The van der Waals surface area contributed by atoms with E-state index >= 15 is 0 Å². The van der Waals surface area contributed by atoms with Gasteiger partial charge in [0.2, 0.25) is 10.0 Å². The predicted molar refractivity (Wildman–Crippen MR) is 99.7 cm³/mol. The Morgan fingerprint density at radius 2 is 1.77 bits per heavy atom. The number of benzene rings is 2. The second kappa shape index (κ2) is 7.85. The molecule has 1 aliphatic heterocycles. The van der Waals surface area contributed by atoms with Gasteiger partial charge < -0.3 is 5.32 Å². The lowest BCUT2D eigenvalue weighted by atomic mass is 10.2. The smallest absolute Gasteiger partial charge is 0.251 e. The molecule has 1 N–H and O–H groups in total. The summed E-state index contributed by atoms with van der Waals surface area (Å²) in [4.78, 5) is 12.4. The number of sulfonamides is 1. The number of nitrogens with one attached hydrogen (secondary N) is 1. The molecule has 0 radical (unpaired) electrons.